The quantitative estimate of drug-likeness (QED) is 0.890. The van der Waals surface area contributed by atoms with Gasteiger partial charge in [-0.25, -0.2) is 4.79 Å². The summed E-state index contributed by atoms with van der Waals surface area (Å²) in [5, 5.41) is 3.01. The van der Waals surface area contributed by atoms with Crippen LogP contribution >= 0.6 is 0 Å². The lowest BCUT2D eigenvalue weighted by atomic mass is 10.2. The van der Waals surface area contributed by atoms with E-state index in [-0.39, 0.29) is 18.5 Å². The number of likely N-dealkylation sites (tertiary alicyclic amines) is 1. The third-order valence-electron chi connectivity index (χ3n) is 4.91. The standard InChI is InChI=1S/C18H26N4O2/c1-2-20-14-22(13-17(20)23)18(24)19-11-16-9-6-10-21(16)12-15-7-4-3-5-8-15/h3-5,7-8,16H,2,6,9-14H2,1H3,(H,19,24). The molecule has 3 amide bonds. The molecule has 0 radical (unpaired) electrons. The molecule has 6 nitrogen and oxygen atoms in total. The number of rotatable bonds is 5. The molecule has 0 spiro atoms. The number of urea groups is 1. The molecule has 1 atom stereocenters. The summed E-state index contributed by atoms with van der Waals surface area (Å²) in [6.07, 6.45) is 2.27. The molecule has 2 fully saturated rings. The van der Waals surface area contributed by atoms with Crippen LogP contribution in [-0.4, -0.2) is 65.5 Å². The lowest BCUT2D eigenvalue weighted by Gasteiger charge is -2.26. The van der Waals surface area contributed by atoms with Gasteiger partial charge >= 0.3 is 6.03 Å². The molecule has 3 rings (SSSR count). The lowest BCUT2D eigenvalue weighted by Crippen LogP contribution is -2.45. The Morgan fingerprint density at radius 2 is 2.08 bits per heavy atom. The number of nitrogens with one attached hydrogen (secondary N) is 1. The van der Waals surface area contributed by atoms with Gasteiger partial charge in [0.15, 0.2) is 0 Å². The smallest absolute Gasteiger partial charge is 0.319 e. The average Bonchev–Trinajstić information content (AvgIpc) is 3.19. The van der Waals surface area contributed by atoms with Gasteiger partial charge in [-0.15, -0.1) is 0 Å². The van der Waals surface area contributed by atoms with Crippen molar-refractivity contribution in [2.45, 2.75) is 32.4 Å². The second-order valence-corrected chi connectivity index (χ2v) is 6.53. The first-order valence-electron chi connectivity index (χ1n) is 8.76. The molecule has 2 aliphatic rings. The lowest BCUT2D eigenvalue weighted by molar-refractivity contribution is -0.126. The number of carbonyl (C=O) groups is 2. The first-order chi connectivity index (χ1) is 11.7. The zero-order valence-electron chi connectivity index (χ0n) is 14.3. The van der Waals surface area contributed by atoms with E-state index in [2.05, 4.69) is 34.5 Å². The second-order valence-electron chi connectivity index (χ2n) is 6.53. The molecule has 1 N–H and O–H groups in total. The predicted octanol–water partition coefficient (Wildman–Crippen LogP) is 1.48. The fourth-order valence-corrected chi connectivity index (χ4v) is 3.48. The van der Waals surface area contributed by atoms with E-state index in [1.54, 1.807) is 9.80 Å². The highest BCUT2D eigenvalue weighted by Gasteiger charge is 2.31. The van der Waals surface area contributed by atoms with E-state index in [9.17, 15) is 9.59 Å². The van der Waals surface area contributed by atoms with Gasteiger partial charge in [0.05, 0.1) is 6.67 Å². The predicted molar refractivity (Wildman–Crippen MR) is 92.2 cm³/mol. The highest BCUT2D eigenvalue weighted by Crippen LogP contribution is 2.19. The van der Waals surface area contributed by atoms with Crippen LogP contribution in [0.3, 0.4) is 0 Å². The summed E-state index contributed by atoms with van der Waals surface area (Å²) >= 11 is 0. The normalized spacial score (nSPS) is 21.5. The Bertz CT molecular complexity index is 578. The minimum atomic E-state index is -0.133. The zero-order valence-corrected chi connectivity index (χ0v) is 14.3. The number of nitrogens with zero attached hydrogens (tertiary/aromatic N) is 3. The fraction of sp³-hybridized carbons (Fsp3) is 0.556. The Hall–Kier alpha value is -2.08. The minimum Gasteiger partial charge on any atom is -0.336 e. The first-order valence-corrected chi connectivity index (χ1v) is 8.76. The van der Waals surface area contributed by atoms with Crippen LogP contribution in [0, 0.1) is 0 Å². The highest BCUT2D eigenvalue weighted by atomic mass is 16.2. The molecule has 0 aromatic heterocycles. The average molecular weight is 330 g/mol. The Balaban J connectivity index is 1.48. The van der Waals surface area contributed by atoms with Crippen molar-refractivity contribution in [3.8, 4) is 0 Å². The zero-order chi connectivity index (χ0) is 16.9. The molecule has 1 unspecified atom stereocenters. The van der Waals surface area contributed by atoms with Crippen LogP contribution in [0.2, 0.25) is 0 Å². The number of hydrogen-bond acceptors (Lipinski definition) is 3. The van der Waals surface area contributed by atoms with Gasteiger partial charge in [-0.3, -0.25) is 14.6 Å². The Kier molecular flexibility index (Phi) is 5.35. The summed E-state index contributed by atoms with van der Waals surface area (Å²) in [5.41, 5.74) is 1.31. The maximum Gasteiger partial charge on any atom is 0.319 e. The monoisotopic (exact) mass is 330 g/mol. The van der Waals surface area contributed by atoms with Crippen LogP contribution in [0.4, 0.5) is 4.79 Å². The van der Waals surface area contributed by atoms with Crippen LogP contribution in [0.25, 0.3) is 0 Å². The summed E-state index contributed by atoms with van der Waals surface area (Å²) in [7, 11) is 0. The van der Waals surface area contributed by atoms with Crippen molar-refractivity contribution in [1.82, 2.24) is 20.0 Å². The summed E-state index contributed by atoms with van der Waals surface area (Å²) in [6.45, 7) is 5.81. The van der Waals surface area contributed by atoms with Gasteiger partial charge in [0.1, 0.15) is 6.54 Å². The van der Waals surface area contributed by atoms with E-state index in [0.29, 0.717) is 25.8 Å². The summed E-state index contributed by atoms with van der Waals surface area (Å²) in [4.78, 5) is 29.7. The molecule has 2 aliphatic heterocycles. The SMILES string of the molecule is CCN1CN(C(=O)NCC2CCCN2Cc2ccccc2)CC1=O. The molecule has 0 saturated carbocycles. The van der Waals surface area contributed by atoms with Crippen LogP contribution in [-0.2, 0) is 11.3 Å². The van der Waals surface area contributed by atoms with Crippen LogP contribution in [0.1, 0.15) is 25.3 Å². The van der Waals surface area contributed by atoms with Gasteiger partial charge < -0.3 is 10.2 Å². The van der Waals surface area contributed by atoms with Crippen molar-refractivity contribution < 1.29 is 9.59 Å². The molecule has 130 valence electrons. The van der Waals surface area contributed by atoms with Gasteiger partial charge in [-0.1, -0.05) is 30.3 Å². The van der Waals surface area contributed by atoms with Crippen molar-refractivity contribution in [3.05, 3.63) is 35.9 Å². The molecule has 6 heteroatoms. The van der Waals surface area contributed by atoms with Gasteiger partial charge in [0, 0.05) is 25.7 Å². The van der Waals surface area contributed by atoms with Crippen molar-refractivity contribution >= 4 is 11.9 Å². The Morgan fingerprint density at radius 1 is 1.29 bits per heavy atom. The molecule has 2 heterocycles. The van der Waals surface area contributed by atoms with E-state index >= 15 is 0 Å². The molecule has 1 aromatic carbocycles. The van der Waals surface area contributed by atoms with Gasteiger partial charge in [-0.05, 0) is 31.9 Å². The number of benzene rings is 1. The fourth-order valence-electron chi connectivity index (χ4n) is 3.48. The molecule has 24 heavy (non-hydrogen) atoms. The van der Waals surface area contributed by atoms with Crippen molar-refractivity contribution in [1.29, 1.82) is 0 Å². The van der Waals surface area contributed by atoms with Gasteiger partial charge in [0.25, 0.3) is 0 Å². The topological polar surface area (TPSA) is 55.9 Å². The maximum atomic E-state index is 12.3. The number of amides is 3. The highest BCUT2D eigenvalue weighted by molar-refractivity contribution is 5.87. The summed E-state index contributed by atoms with van der Waals surface area (Å²) in [5.74, 6) is 0.0271. The molecule has 2 saturated heterocycles. The molecule has 0 aliphatic carbocycles. The van der Waals surface area contributed by atoms with E-state index in [0.717, 1.165) is 19.5 Å². The van der Waals surface area contributed by atoms with E-state index in [1.807, 2.05) is 13.0 Å². The Morgan fingerprint density at radius 3 is 2.79 bits per heavy atom. The van der Waals surface area contributed by atoms with Gasteiger partial charge in [-0.2, -0.15) is 0 Å². The Labute approximate surface area is 143 Å². The minimum absolute atomic E-state index is 0.0271. The van der Waals surface area contributed by atoms with E-state index in [4.69, 9.17) is 0 Å². The molecular weight excluding hydrogens is 304 g/mol. The van der Waals surface area contributed by atoms with Crippen molar-refractivity contribution in [2.75, 3.05) is 32.8 Å². The number of carbonyl (C=O) groups excluding carboxylic acids is 2. The van der Waals surface area contributed by atoms with Crippen LogP contribution in [0.15, 0.2) is 30.3 Å². The third-order valence-corrected chi connectivity index (χ3v) is 4.91. The summed E-state index contributed by atoms with van der Waals surface area (Å²) in [6, 6.07) is 10.7. The largest absolute Gasteiger partial charge is 0.336 e. The second kappa shape index (κ2) is 7.66. The van der Waals surface area contributed by atoms with Crippen LogP contribution < -0.4 is 5.32 Å². The number of likely N-dealkylation sites (N-methyl/N-ethyl adjacent to an activating group) is 1. The van der Waals surface area contributed by atoms with Crippen LogP contribution in [0.5, 0.6) is 0 Å². The maximum absolute atomic E-state index is 12.3. The summed E-state index contributed by atoms with van der Waals surface area (Å²) < 4.78 is 0. The van der Waals surface area contributed by atoms with Crippen molar-refractivity contribution in [2.24, 2.45) is 0 Å². The first kappa shape index (κ1) is 16.8. The third kappa shape index (κ3) is 3.87. The van der Waals surface area contributed by atoms with Gasteiger partial charge in [0.2, 0.25) is 5.91 Å². The van der Waals surface area contributed by atoms with E-state index in [1.165, 1.54) is 12.0 Å². The molecule has 0 bridgehead atoms. The molecular formula is C18H26N4O2. The van der Waals surface area contributed by atoms with Crippen molar-refractivity contribution in [3.63, 3.8) is 0 Å². The van der Waals surface area contributed by atoms with E-state index < -0.39 is 0 Å². The molecule has 1 aromatic rings. The number of hydrogen-bond donors (Lipinski definition) is 1.